The molecule has 0 aliphatic carbocycles. The summed E-state index contributed by atoms with van der Waals surface area (Å²) in [6.45, 7) is 1.03. The van der Waals surface area contributed by atoms with Crippen molar-refractivity contribution in [2.75, 3.05) is 13.6 Å². The molecule has 136 valence electrons. The highest BCUT2D eigenvalue weighted by molar-refractivity contribution is 7.90. The molecule has 2 aromatic carbocycles. The second kappa shape index (κ2) is 6.45. The molecule has 0 amide bonds. The van der Waals surface area contributed by atoms with Gasteiger partial charge >= 0.3 is 0 Å². The standard InChI is InChI=1S/C20H22N2O3S/c1-21-13-7-8-15(21)14-18-17-11-5-6-12-19(17)22(20(18)23)26(24,25)16-9-3-2-4-10-16/h2-6,9-12,15,23H,7-8,13-14H2,1H3/t15-/m1/s1. The lowest BCUT2D eigenvalue weighted by Crippen LogP contribution is -2.26. The molecule has 4 rings (SSSR count). The summed E-state index contributed by atoms with van der Waals surface area (Å²) >= 11 is 0. The van der Waals surface area contributed by atoms with Crippen molar-refractivity contribution in [3.05, 3.63) is 60.2 Å². The zero-order valence-electron chi connectivity index (χ0n) is 14.7. The average molecular weight is 370 g/mol. The number of likely N-dealkylation sites (tertiary alicyclic amines) is 1. The van der Waals surface area contributed by atoms with E-state index < -0.39 is 10.0 Å². The fourth-order valence-corrected chi connectivity index (χ4v) is 5.35. The number of nitrogens with zero attached hydrogens (tertiary/aromatic N) is 2. The maximum atomic E-state index is 13.2. The molecule has 1 atom stereocenters. The third-order valence-electron chi connectivity index (χ3n) is 5.30. The van der Waals surface area contributed by atoms with E-state index in [1.807, 2.05) is 12.1 Å². The number of aromatic nitrogens is 1. The summed E-state index contributed by atoms with van der Waals surface area (Å²) in [5, 5.41) is 11.7. The molecule has 0 bridgehead atoms. The van der Waals surface area contributed by atoms with Crippen LogP contribution in [0.3, 0.4) is 0 Å². The van der Waals surface area contributed by atoms with Gasteiger partial charge in [-0.25, -0.2) is 12.4 Å². The van der Waals surface area contributed by atoms with E-state index >= 15 is 0 Å². The monoisotopic (exact) mass is 370 g/mol. The lowest BCUT2D eigenvalue weighted by molar-refractivity contribution is 0.307. The number of para-hydroxylation sites is 1. The van der Waals surface area contributed by atoms with Crippen LogP contribution in [-0.4, -0.2) is 42.0 Å². The predicted octanol–water partition coefficient (Wildman–Crippen LogP) is 3.22. The normalized spacial score (nSPS) is 18.6. The van der Waals surface area contributed by atoms with E-state index in [4.69, 9.17) is 0 Å². The van der Waals surface area contributed by atoms with Gasteiger partial charge in [-0.1, -0.05) is 36.4 Å². The molecule has 0 spiro atoms. The third-order valence-corrected chi connectivity index (χ3v) is 7.02. The van der Waals surface area contributed by atoms with E-state index in [1.54, 1.807) is 42.5 Å². The highest BCUT2D eigenvalue weighted by Gasteiger charge is 2.29. The van der Waals surface area contributed by atoms with Crippen molar-refractivity contribution < 1.29 is 13.5 Å². The first kappa shape index (κ1) is 17.1. The van der Waals surface area contributed by atoms with Crippen molar-refractivity contribution >= 4 is 20.9 Å². The van der Waals surface area contributed by atoms with Crippen LogP contribution >= 0.6 is 0 Å². The van der Waals surface area contributed by atoms with Gasteiger partial charge in [-0.3, -0.25) is 0 Å². The lowest BCUT2D eigenvalue weighted by atomic mass is 10.0. The Morgan fingerprint density at radius 1 is 1.08 bits per heavy atom. The quantitative estimate of drug-likeness (QED) is 0.766. The van der Waals surface area contributed by atoms with Gasteiger partial charge in [-0.15, -0.1) is 0 Å². The molecule has 3 aromatic rings. The molecule has 2 heterocycles. The number of fused-ring (bicyclic) bond motifs is 1. The van der Waals surface area contributed by atoms with Crippen molar-refractivity contribution in [2.45, 2.75) is 30.2 Å². The second-order valence-corrected chi connectivity index (χ2v) is 8.67. The Kier molecular flexibility index (Phi) is 4.25. The second-order valence-electron chi connectivity index (χ2n) is 6.88. The lowest BCUT2D eigenvalue weighted by Gasteiger charge is -2.19. The first-order chi connectivity index (χ1) is 12.5. The van der Waals surface area contributed by atoms with Crippen molar-refractivity contribution in [2.24, 2.45) is 0 Å². The van der Waals surface area contributed by atoms with Crippen molar-refractivity contribution in [3.8, 4) is 5.88 Å². The van der Waals surface area contributed by atoms with Gasteiger partial charge in [0.25, 0.3) is 10.0 Å². The van der Waals surface area contributed by atoms with Gasteiger partial charge in [-0.05, 0) is 51.1 Å². The fraction of sp³-hybridized carbons (Fsp3) is 0.300. The van der Waals surface area contributed by atoms with Crippen LogP contribution in [0.25, 0.3) is 10.9 Å². The van der Waals surface area contributed by atoms with E-state index in [2.05, 4.69) is 11.9 Å². The van der Waals surface area contributed by atoms with Crippen LogP contribution < -0.4 is 0 Å². The van der Waals surface area contributed by atoms with E-state index in [-0.39, 0.29) is 10.8 Å². The molecule has 0 saturated carbocycles. The molecule has 1 fully saturated rings. The summed E-state index contributed by atoms with van der Waals surface area (Å²) in [5.41, 5.74) is 1.23. The summed E-state index contributed by atoms with van der Waals surface area (Å²) in [6.07, 6.45) is 2.82. The molecule has 1 N–H and O–H groups in total. The number of likely N-dealkylation sites (N-methyl/N-ethyl adjacent to an activating group) is 1. The summed E-state index contributed by atoms with van der Waals surface area (Å²) in [6, 6.07) is 15.9. The smallest absolute Gasteiger partial charge is 0.271 e. The first-order valence-corrected chi connectivity index (χ1v) is 10.3. The van der Waals surface area contributed by atoms with Gasteiger partial charge in [0.1, 0.15) is 0 Å². The SMILES string of the molecule is CN1CCC[C@@H]1Cc1c(O)n(S(=O)(=O)c2ccccc2)c2ccccc12. The van der Waals surface area contributed by atoms with Crippen molar-refractivity contribution in [1.82, 2.24) is 8.87 Å². The number of hydrogen-bond acceptors (Lipinski definition) is 4. The zero-order chi connectivity index (χ0) is 18.3. The van der Waals surface area contributed by atoms with Gasteiger partial charge < -0.3 is 10.0 Å². The number of benzene rings is 2. The van der Waals surface area contributed by atoms with Gasteiger partial charge in [-0.2, -0.15) is 0 Å². The highest BCUT2D eigenvalue weighted by atomic mass is 32.2. The van der Waals surface area contributed by atoms with Crippen LogP contribution in [-0.2, 0) is 16.4 Å². The Hall–Kier alpha value is -2.31. The topological polar surface area (TPSA) is 62.5 Å². The van der Waals surface area contributed by atoms with Crippen LogP contribution in [0, 0.1) is 0 Å². The van der Waals surface area contributed by atoms with Crippen LogP contribution in [0.2, 0.25) is 0 Å². The van der Waals surface area contributed by atoms with E-state index in [0.717, 1.165) is 28.7 Å². The van der Waals surface area contributed by atoms with Gasteiger partial charge in [0, 0.05) is 17.0 Å². The van der Waals surface area contributed by atoms with E-state index in [1.165, 1.54) is 0 Å². The maximum absolute atomic E-state index is 13.2. The van der Waals surface area contributed by atoms with Crippen molar-refractivity contribution in [3.63, 3.8) is 0 Å². The minimum Gasteiger partial charge on any atom is -0.494 e. The molecular weight excluding hydrogens is 348 g/mol. The molecule has 1 saturated heterocycles. The molecule has 0 unspecified atom stereocenters. The minimum atomic E-state index is -3.87. The largest absolute Gasteiger partial charge is 0.494 e. The Labute approximate surface area is 153 Å². The van der Waals surface area contributed by atoms with Gasteiger partial charge in [0.15, 0.2) is 0 Å². The Balaban J connectivity index is 1.90. The molecule has 26 heavy (non-hydrogen) atoms. The maximum Gasteiger partial charge on any atom is 0.271 e. The molecule has 0 radical (unpaired) electrons. The molecule has 1 aliphatic heterocycles. The van der Waals surface area contributed by atoms with Crippen LogP contribution in [0.5, 0.6) is 5.88 Å². The number of aromatic hydroxyl groups is 1. The molecular formula is C20H22N2O3S. The summed E-state index contributed by atoms with van der Waals surface area (Å²) < 4.78 is 27.4. The minimum absolute atomic E-state index is 0.167. The van der Waals surface area contributed by atoms with E-state index in [9.17, 15) is 13.5 Å². The molecule has 6 heteroatoms. The zero-order valence-corrected chi connectivity index (χ0v) is 15.5. The number of hydrogen-bond donors (Lipinski definition) is 1. The predicted molar refractivity (Wildman–Crippen MR) is 102 cm³/mol. The fourth-order valence-electron chi connectivity index (χ4n) is 3.88. The summed E-state index contributed by atoms with van der Waals surface area (Å²) in [7, 11) is -1.79. The highest BCUT2D eigenvalue weighted by Crippen LogP contribution is 2.36. The third kappa shape index (κ3) is 2.70. The van der Waals surface area contributed by atoms with Gasteiger partial charge in [0.2, 0.25) is 5.88 Å². The van der Waals surface area contributed by atoms with Crippen LogP contribution in [0.1, 0.15) is 18.4 Å². The Morgan fingerprint density at radius 2 is 1.77 bits per heavy atom. The average Bonchev–Trinajstić information content (AvgIpc) is 3.18. The van der Waals surface area contributed by atoms with E-state index in [0.29, 0.717) is 23.5 Å². The Morgan fingerprint density at radius 3 is 2.46 bits per heavy atom. The molecule has 1 aliphatic rings. The summed E-state index contributed by atoms with van der Waals surface area (Å²) in [4.78, 5) is 2.44. The molecule has 1 aromatic heterocycles. The first-order valence-electron chi connectivity index (χ1n) is 8.82. The van der Waals surface area contributed by atoms with Crippen LogP contribution in [0.15, 0.2) is 59.5 Å². The number of rotatable bonds is 4. The van der Waals surface area contributed by atoms with Gasteiger partial charge in [0.05, 0.1) is 10.4 Å². The van der Waals surface area contributed by atoms with Crippen LogP contribution in [0.4, 0.5) is 0 Å². The Bertz CT molecular complexity index is 1040. The van der Waals surface area contributed by atoms with Crippen molar-refractivity contribution in [1.29, 1.82) is 0 Å². The molecule has 5 nitrogen and oxygen atoms in total. The summed E-state index contributed by atoms with van der Waals surface area (Å²) in [5.74, 6) is -0.171.